The molecule has 1 aliphatic heterocycles. The molecule has 1 saturated heterocycles. The topological polar surface area (TPSA) is 78.5 Å². The molecule has 2 aliphatic rings. The molecule has 1 aromatic rings. The predicted molar refractivity (Wildman–Crippen MR) is 93.8 cm³/mol. The summed E-state index contributed by atoms with van der Waals surface area (Å²) in [6, 6.07) is 7.27. The van der Waals surface area contributed by atoms with E-state index in [1.807, 2.05) is 38.1 Å². The number of nitrogens with one attached hydrogen (secondary N) is 2. The Bertz CT molecular complexity index is 678. The number of nitrogens with zero attached hydrogens (tertiary/aromatic N) is 1. The van der Waals surface area contributed by atoms with Crippen molar-refractivity contribution in [3.63, 3.8) is 0 Å². The molecular formula is C19H25N3O3. The Morgan fingerprint density at radius 3 is 2.48 bits per heavy atom. The van der Waals surface area contributed by atoms with Crippen LogP contribution in [0.4, 0.5) is 4.79 Å². The van der Waals surface area contributed by atoms with Gasteiger partial charge in [0, 0.05) is 0 Å². The highest BCUT2D eigenvalue weighted by Crippen LogP contribution is 2.33. The summed E-state index contributed by atoms with van der Waals surface area (Å²) in [4.78, 5) is 38.3. The molecule has 1 spiro atoms. The van der Waals surface area contributed by atoms with Crippen LogP contribution in [-0.4, -0.2) is 34.8 Å². The van der Waals surface area contributed by atoms with Crippen LogP contribution in [0.3, 0.4) is 0 Å². The summed E-state index contributed by atoms with van der Waals surface area (Å²) >= 11 is 0. The Kier molecular flexibility index (Phi) is 4.79. The van der Waals surface area contributed by atoms with Gasteiger partial charge >= 0.3 is 6.03 Å². The van der Waals surface area contributed by atoms with E-state index in [-0.39, 0.29) is 24.4 Å². The molecule has 1 saturated carbocycles. The molecule has 0 radical (unpaired) electrons. The van der Waals surface area contributed by atoms with Crippen molar-refractivity contribution in [2.75, 3.05) is 6.54 Å². The first-order valence-corrected chi connectivity index (χ1v) is 8.91. The maximum Gasteiger partial charge on any atom is 0.325 e. The van der Waals surface area contributed by atoms with Gasteiger partial charge in [-0.1, -0.05) is 49.1 Å². The van der Waals surface area contributed by atoms with E-state index in [2.05, 4.69) is 10.6 Å². The van der Waals surface area contributed by atoms with Crippen LogP contribution in [-0.2, 0) is 9.59 Å². The lowest BCUT2D eigenvalue weighted by Crippen LogP contribution is -2.49. The minimum absolute atomic E-state index is 0.183. The number of amides is 4. The average Bonchev–Trinajstić information content (AvgIpc) is 2.80. The zero-order valence-electron chi connectivity index (χ0n) is 14.8. The van der Waals surface area contributed by atoms with E-state index in [9.17, 15) is 14.4 Å². The van der Waals surface area contributed by atoms with Gasteiger partial charge in [0.2, 0.25) is 5.91 Å². The average molecular weight is 343 g/mol. The number of imide groups is 1. The Hall–Kier alpha value is -2.37. The predicted octanol–water partition coefficient (Wildman–Crippen LogP) is 2.43. The monoisotopic (exact) mass is 343 g/mol. The molecular weight excluding hydrogens is 318 g/mol. The quantitative estimate of drug-likeness (QED) is 0.824. The summed E-state index contributed by atoms with van der Waals surface area (Å²) in [7, 11) is 0. The standard InChI is InChI=1S/C19H25N3O3/c1-13-6-8-15(9-7-13)14(2)20-16(23)12-22-17(24)19(21-18(22)25)10-4-3-5-11-19/h6-9,14H,3-5,10-12H2,1-2H3,(H,20,23)(H,21,25). The van der Waals surface area contributed by atoms with Crippen LogP contribution in [0.25, 0.3) is 0 Å². The molecule has 0 aromatic heterocycles. The number of benzene rings is 1. The third-order valence-corrected chi connectivity index (χ3v) is 5.21. The van der Waals surface area contributed by atoms with Crippen molar-refractivity contribution in [2.45, 2.75) is 57.5 Å². The van der Waals surface area contributed by atoms with E-state index in [1.165, 1.54) is 0 Å². The second kappa shape index (κ2) is 6.86. The van der Waals surface area contributed by atoms with Crippen LogP contribution < -0.4 is 10.6 Å². The summed E-state index contributed by atoms with van der Waals surface area (Å²) in [6.07, 6.45) is 4.26. The molecule has 1 atom stereocenters. The molecule has 1 aromatic carbocycles. The van der Waals surface area contributed by atoms with Crippen LogP contribution in [0.15, 0.2) is 24.3 Å². The van der Waals surface area contributed by atoms with Gasteiger partial charge in [-0.25, -0.2) is 4.79 Å². The van der Waals surface area contributed by atoms with E-state index in [0.29, 0.717) is 12.8 Å². The molecule has 4 amide bonds. The van der Waals surface area contributed by atoms with Gasteiger partial charge in [0.1, 0.15) is 12.1 Å². The lowest BCUT2D eigenvalue weighted by Gasteiger charge is -2.30. The van der Waals surface area contributed by atoms with Gasteiger partial charge in [-0.3, -0.25) is 14.5 Å². The normalized spacial score (nSPS) is 20.5. The van der Waals surface area contributed by atoms with Crippen molar-refractivity contribution >= 4 is 17.8 Å². The SMILES string of the molecule is Cc1ccc(C(C)NC(=O)CN2C(=O)NC3(CCCCC3)C2=O)cc1. The molecule has 1 unspecified atom stereocenters. The minimum atomic E-state index is -0.780. The van der Waals surface area contributed by atoms with Gasteiger partial charge in [-0.05, 0) is 32.3 Å². The van der Waals surface area contributed by atoms with E-state index < -0.39 is 11.6 Å². The molecule has 3 rings (SSSR count). The molecule has 134 valence electrons. The van der Waals surface area contributed by atoms with E-state index in [0.717, 1.165) is 35.3 Å². The molecule has 6 nitrogen and oxygen atoms in total. The molecule has 25 heavy (non-hydrogen) atoms. The molecule has 6 heteroatoms. The Morgan fingerprint density at radius 1 is 1.20 bits per heavy atom. The number of carbonyl (C=O) groups excluding carboxylic acids is 3. The summed E-state index contributed by atoms with van der Waals surface area (Å²) in [5, 5.41) is 5.69. The summed E-state index contributed by atoms with van der Waals surface area (Å²) in [5.74, 6) is -0.584. The zero-order chi connectivity index (χ0) is 18.0. The maximum atomic E-state index is 12.7. The van der Waals surface area contributed by atoms with Crippen LogP contribution in [0, 0.1) is 6.92 Å². The molecule has 1 heterocycles. The lowest BCUT2D eigenvalue weighted by atomic mass is 9.82. The summed E-state index contributed by atoms with van der Waals surface area (Å²) in [5.41, 5.74) is 1.36. The largest absolute Gasteiger partial charge is 0.348 e. The molecule has 0 bridgehead atoms. The van der Waals surface area contributed by atoms with E-state index in [1.54, 1.807) is 0 Å². The number of aryl methyl sites for hydroxylation is 1. The van der Waals surface area contributed by atoms with Gasteiger partial charge in [0.25, 0.3) is 5.91 Å². The van der Waals surface area contributed by atoms with E-state index in [4.69, 9.17) is 0 Å². The van der Waals surface area contributed by atoms with Crippen LogP contribution in [0.2, 0.25) is 0 Å². The second-order valence-corrected chi connectivity index (χ2v) is 7.16. The highest BCUT2D eigenvalue weighted by atomic mass is 16.2. The zero-order valence-corrected chi connectivity index (χ0v) is 14.8. The first-order chi connectivity index (χ1) is 11.9. The van der Waals surface area contributed by atoms with Crippen molar-refractivity contribution in [3.05, 3.63) is 35.4 Å². The first-order valence-electron chi connectivity index (χ1n) is 8.91. The smallest absolute Gasteiger partial charge is 0.325 e. The van der Waals surface area contributed by atoms with Crippen molar-refractivity contribution in [3.8, 4) is 0 Å². The number of hydrogen-bond acceptors (Lipinski definition) is 3. The third-order valence-electron chi connectivity index (χ3n) is 5.21. The maximum absolute atomic E-state index is 12.7. The molecule has 1 aliphatic carbocycles. The van der Waals surface area contributed by atoms with Crippen LogP contribution in [0.5, 0.6) is 0 Å². The third kappa shape index (κ3) is 3.52. The van der Waals surface area contributed by atoms with Crippen molar-refractivity contribution in [1.82, 2.24) is 15.5 Å². The fourth-order valence-corrected chi connectivity index (χ4v) is 3.68. The highest BCUT2D eigenvalue weighted by molar-refractivity contribution is 6.09. The highest BCUT2D eigenvalue weighted by Gasteiger charge is 2.51. The molecule has 2 N–H and O–H groups in total. The summed E-state index contributed by atoms with van der Waals surface area (Å²) < 4.78 is 0. The van der Waals surface area contributed by atoms with Crippen molar-refractivity contribution < 1.29 is 14.4 Å². The van der Waals surface area contributed by atoms with Crippen molar-refractivity contribution in [1.29, 1.82) is 0 Å². The fraction of sp³-hybridized carbons (Fsp3) is 0.526. The summed E-state index contributed by atoms with van der Waals surface area (Å²) in [6.45, 7) is 3.66. The van der Waals surface area contributed by atoms with E-state index >= 15 is 0 Å². The fourth-order valence-electron chi connectivity index (χ4n) is 3.68. The van der Waals surface area contributed by atoms with Gasteiger partial charge in [0.15, 0.2) is 0 Å². The Labute approximate surface area is 148 Å². The molecule has 2 fully saturated rings. The minimum Gasteiger partial charge on any atom is -0.348 e. The second-order valence-electron chi connectivity index (χ2n) is 7.16. The van der Waals surface area contributed by atoms with Crippen molar-refractivity contribution in [2.24, 2.45) is 0 Å². The lowest BCUT2D eigenvalue weighted by molar-refractivity contribution is -0.136. The van der Waals surface area contributed by atoms with Gasteiger partial charge in [-0.15, -0.1) is 0 Å². The van der Waals surface area contributed by atoms with Gasteiger partial charge in [-0.2, -0.15) is 0 Å². The number of carbonyl (C=O) groups is 3. The van der Waals surface area contributed by atoms with Gasteiger partial charge in [0.05, 0.1) is 6.04 Å². The number of hydrogen-bond donors (Lipinski definition) is 2. The Morgan fingerprint density at radius 2 is 1.84 bits per heavy atom. The van der Waals surface area contributed by atoms with Crippen LogP contribution >= 0.6 is 0 Å². The Balaban J connectivity index is 1.61. The van der Waals surface area contributed by atoms with Crippen LogP contribution in [0.1, 0.15) is 56.2 Å². The van der Waals surface area contributed by atoms with Gasteiger partial charge < -0.3 is 10.6 Å². The first kappa shape index (κ1) is 17.5. The number of urea groups is 1. The number of rotatable bonds is 4.